The van der Waals surface area contributed by atoms with Crippen LogP contribution in [0.3, 0.4) is 0 Å². The molecule has 0 unspecified atom stereocenters. The third kappa shape index (κ3) is 6.60. The molecule has 1 aromatic heterocycles. The Labute approximate surface area is 255 Å². The van der Waals surface area contributed by atoms with Gasteiger partial charge in [0.05, 0.1) is 21.4 Å². The van der Waals surface area contributed by atoms with Crippen LogP contribution >= 0.6 is 0 Å². The zero-order chi connectivity index (χ0) is 32.5. The van der Waals surface area contributed by atoms with Crippen molar-refractivity contribution in [2.24, 2.45) is 0 Å². The van der Waals surface area contributed by atoms with E-state index >= 15 is 0 Å². The normalized spacial score (nSPS) is 11.8. The first kappa shape index (κ1) is 31.4. The topological polar surface area (TPSA) is 119 Å². The number of halogens is 4. The van der Waals surface area contributed by atoms with Crippen molar-refractivity contribution < 1.29 is 45.4 Å². The SMILES string of the molecule is Cc1ccc(S(=O)(=O)NC(=O)NCCc2ccc(-n3cc4c(OC(F)F)c5ccccc5c(OC(F)F)c4c3O)c(C)c2)cc1. The minimum Gasteiger partial charge on any atom is -0.494 e. The third-order valence-corrected chi connectivity index (χ3v) is 8.41. The van der Waals surface area contributed by atoms with Gasteiger partial charge in [0.15, 0.2) is 0 Å². The Morgan fingerprint density at radius 2 is 1.51 bits per heavy atom. The van der Waals surface area contributed by atoms with Crippen LogP contribution < -0.4 is 19.5 Å². The molecule has 0 aliphatic carbocycles. The molecule has 0 radical (unpaired) electrons. The largest absolute Gasteiger partial charge is 0.494 e. The van der Waals surface area contributed by atoms with E-state index in [4.69, 9.17) is 9.47 Å². The third-order valence-electron chi connectivity index (χ3n) is 7.06. The second kappa shape index (κ2) is 12.6. The summed E-state index contributed by atoms with van der Waals surface area (Å²) in [4.78, 5) is 12.2. The summed E-state index contributed by atoms with van der Waals surface area (Å²) in [6.07, 6.45) is 1.61. The molecule has 14 heteroatoms. The highest BCUT2D eigenvalue weighted by molar-refractivity contribution is 7.90. The molecule has 5 rings (SSSR count). The highest BCUT2D eigenvalue weighted by atomic mass is 32.2. The number of rotatable bonds is 10. The Morgan fingerprint density at radius 1 is 0.889 bits per heavy atom. The average molecular weight is 646 g/mol. The molecule has 0 spiro atoms. The van der Waals surface area contributed by atoms with Crippen molar-refractivity contribution in [1.82, 2.24) is 14.6 Å². The zero-order valence-electron chi connectivity index (χ0n) is 23.9. The van der Waals surface area contributed by atoms with Gasteiger partial charge in [-0.2, -0.15) is 17.6 Å². The molecule has 0 atom stereocenters. The highest BCUT2D eigenvalue weighted by Crippen LogP contribution is 2.49. The predicted octanol–water partition coefficient (Wildman–Crippen LogP) is 6.54. The fourth-order valence-electron chi connectivity index (χ4n) is 5.06. The van der Waals surface area contributed by atoms with Crippen LogP contribution in [-0.2, 0) is 16.4 Å². The van der Waals surface area contributed by atoms with Crippen molar-refractivity contribution in [3.63, 3.8) is 0 Å². The molecule has 0 fully saturated rings. The molecule has 0 bridgehead atoms. The minimum atomic E-state index is -4.05. The quantitative estimate of drug-likeness (QED) is 0.149. The summed E-state index contributed by atoms with van der Waals surface area (Å²) in [6, 6.07) is 16.0. The maximum Gasteiger partial charge on any atom is 0.387 e. The Bertz CT molecular complexity index is 2000. The van der Waals surface area contributed by atoms with Crippen LogP contribution in [0.15, 0.2) is 77.8 Å². The Kier molecular flexibility index (Phi) is 8.77. The summed E-state index contributed by atoms with van der Waals surface area (Å²) in [5.74, 6) is -1.24. The van der Waals surface area contributed by atoms with Gasteiger partial charge in [-0.3, -0.25) is 4.57 Å². The van der Waals surface area contributed by atoms with E-state index in [1.165, 1.54) is 47.2 Å². The van der Waals surface area contributed by atoms with Crippen molar-refractivity contribution in [3.8, 4) is 23.1 Å². The van der Waals surface area contributed by atoms with Gasteiger partial charge in [0.2, 0.25) is 5.88 Å². The van der Waals surface area contributed by atoms with Gasteiger partial charge in [-0.15, -0.1) is 0 Å². The molecule has 236 valence electrons. The van der Waals surface area contributed by atoms with E-state index in [1.54, 1.807) is 44.2 Å². The molecule has 1 heterocycles. The lowest BCUT2D eigenvalue weighted by Crippen LogP contribution is -2.40. The van der Waals surface area contributed by atoms with Gasteiger partial charge in [0, 0.05) is 23.5 Å². The highest BCUT2D eigenvalue weighted by Gasteiger charge is 2.26. The number of sulfonamides is 1. The van der Waals surface area contributed by atoms with Crippen LogP contribution in [0.1, 0.15) is 16.7 Å². The molecular formula is C31H27F4N3O6S. The molecule has 0 saturated carbocycles. The lowest BCUT2D eigenvalue weighted by molar-refractivity contribution is -0.0499. The fourth-order valence-corrected chi connectivity index (χ4v) is 5.99. The molecule has 4 aromatic carbocycles. The van der Waals surface area contributed by atoms with E-state index in [9.17, 15) is 35.9 Å². The minimum absolute atomic E-state index is 0.0456. The van der Waals surface area contributed by atoms with Crippen LogP contribution in [0, 0.1) is 13.8 Å². The Morgan fingerprint density at radius 3 is 2.13 bits per heavy atom. The summed E-state index contributed by atoms with van der Waals surface area (Å²) in [5, 5.41) is 13.6. The number of ether oxygens (including phenoxy) is 2. The Hall–Kier alpha value is -4.98. The molecule has 5 aromatic rings. The monoisotopic (exact) mass is 645 g/mol. The van der Waals surface area contributed by atoms with Crippen LogP contribution in [0.2, 0.25) is 0 Å². The number of nitrogens with one attached hydrogen (secondary N) is 2. The molecule has 0 aliphatic heterocycles. The molecule has 45 heavy (non-hydrogen) atoms. The lowest BCUT2D eigenvalue weighted by Gasteiger charge is -2.15. The average Bonchev–Trinajstić information content (AvgIpc) is 3.31. The molecule has 3 N–H and O–H groups in total. The standard InChI is InChI=1S/C31H27F4N3O6S/c1-17-7-10-20(11-8-17)45(41,42)37-31(40)36-14-13-19-9-12-24(18(2)15-19)38-16-23-25(28(38)39)27(44-30(34)35)22-6-4-3-5-21(22)26(23)43-29(32)33/h3-12,15-16,29-30,39H,13-14H2,1-2H3,(H2,36,37,40). The van der Waals surface area contributed by atoms with Crippen molar-refractivity contribution >= 4 is 37.6 Å². The van der Waals surface area contributed by atoms with Gasteiger partial charge < -0.3 is 19.9 Å². The summed E-state index contributed by atoms with van der Waals surface area (Å²) in [6.45, 7) is -2.90. The van der Waals surface area contributed by atoms with E-state index in [-0.39, 0.29) is 38.7 Å². The van der Waals surface area contributed by atoms with E-state index in [1.807, 2.05) is 4.72 Å². The van der Waals surface area contributed by atoms with Crippen LogP contribution in [0.5, 0.6) is 17.4 Å². The smallest absolute Gasteiger partial charge is 0.387 e. The predicted molar refractivity (Wildman–Crippen MR) is 159 cm³/mol. The number of alkyl halides is 4. The molecule has 9 nitrogen and oxygen atoms in total. The summed E-state index contributed by atoms with van der Waals surface area (Å²) >= 11 is 0. The van der Waals surface area contributed by atoms with Gasteiger partial charge in [-0.25, -0.2) is 17.9 Å². The molecule has 2 amide bonds. The van der Waals surface area contributed by atoms with Crippen LogP contribution in [0.4, 0.5) is 22.4 Å². The molecule has 0 aliphatic rings. The molecular weight excluding hydrogens is 618 g/mol. The van der Waals surface area contributed by atoms with E-state index in [0.29, 0.717) is 17.7 Å². The number of aryl methyl sites for hydroxylation is 2. The van der Waals surface area contributed by atoms with Crippen LogP contribution in [-0.4, -0.2) is 43.9 Å². The summed E-state index contributed by atoms with van der Waals surface area (Å²) in [7, 11) is -4.05. The van der Waals surface area contributed by atoms with Gasteiger partial charge >= 0.3 is 19.3 Å². The van der Waals surface area contributed by atoms with E-state index < -0.39 is 40.9 Å². The first-order valence-electron chi connectivity index (χ1n) is 13.5. The zero-order valence-corrected chi connectivity index (χ0v) is 24.7. The number of amides is 2. The number of aromatic hydroxyl groups is 1. The van der Waals surface area contributed by atoms with Gasteiger partial charge in [-0.1, -0.05) is 54.1 Å². The Balaban J connectivity index is 1.40. The van der Waals surface area contributed by atoms with Crippen LogP contribution in [0.25, 0.3) is 27.2 Å². The van der Waals surface area contributed by atoms with Crippen molar-refractivity contribution in [2.75, 3.05) is 6.54 Å². The van der Waals surface area contributed by atoms with E-state index in [2.05, 4.69) is 5.32 Å². The number of fused-ring (bicyclic) bond motifs is 2. The number of carbonyl (C=O) groups excluding carboxylic acids is 1. The van der Waals surface area contributed by atoms with Crippen molar-refractivity contribution in [2.45, 2.75) is 38.4 Å². The van der Waals surface area contributed by atoms with Gasteiger partial charge in [0.25, 0.3) is 10.0 Å². The maximum absolute atomic E-state index is 13.5. The number of nitrogens with zero attached hydrogens (tertiary/aromatic N) is 1. The maximum atomic E-state index is 13.5. The number of hydrogen-bond acceptors (Lipinski definition) is 6. The fraction of sp³-hybridized carbons (Fsp3) is 0.194. The summed E-state index contributed by atoms with van der Waals surface area (Å²) < 4.78 is 91.5. The lowest BCUT2D eigenvalue weighted by atomic mass is 10.0. The number of carbonyl (C=O) groups is 1. The number of urea groups is 1. The second-order valence-corrected chi connectivity index (χ2v) is 11.8. The second-order valence-electron chi connectivity index (χ2n) is 10.1. The molecule has 0 saturated heterocycles. The number of aromatic nitrogens is 1. The van der Waals surface area contributed by atoms with Crippen molar-refractivity contribution in [1.29, 1.82) is 0 Å². The van der Waals surface area contributed by atoms with Gasteiger partial charge in [0.1, 0.15) is 11.5 Å². The summed E-state index contributed by atoms with van der Waals surface area (Å²) in [5.41, 5.74) is 2.61. The van der Waals surface area contributed by atoms with E-state index in [0.717, 1.165) is 11.1 Å². The number of benzene rings is 4. The van der Waals surface area contributed by atoms with Gasteiger partial charge in [-0.05, 0) is 49.6 Å². The first-order chi connectivity index (χ1) is 21.4. The van der Waals surface area contributed by atoms with Crippen molar-refractivity contribution in [3.05, 3.63) is 89.6 Å². The number of hydrogen-bond donors (Lipinski definition) is 3. The first-order valence-corrected chi connectivity index (χ1v) is 15.0.